The third-order valence-electron chi connectivity index (χ3n) is 2.67. The van der Waals surface area contributed by atoms with Gasteiger partial charge in [-0.15, -0.1) is 11.3 Å². The molecule has 2 heterocycles. The van der Waals surface area contributed by atoms with Gasteiger partial charge in [0.25, 0.3) is 0 Å². The van der Waals surface area contributed by atoms with Crippen LogP contribution in [0.15, 0.2) is 35.8 Å². The molecule has 2 aromatic heterocycles. The molecule has 0 amide bonds. The molecule has 0 aliphatic rings. The second kappa shape index (κ2) is 4.14. The van der Waals surface area contributed by atoms with Crippen LogP contribution in [0.4, 0.5) is 0 Å². The fraction of sp³-hybridized carbons (Fsp3) is 0.0833. The molecule has 0 radical (unpaired) electrons. The summed E-state index contributed by atoms with van der Waals surface area (Å²) >= 11 is 7.50. The number of fused-ring (bicyclic) bond motifs is 1. The summed E-state index contributed by atoms with van der Waals surface area (Å²) in [6.07, 6.45) is 1.82. The molecule has 0 bridgehead atoms. The van der Waals surface area contributed by atoms with E-state index in [2.05, 4.69) is 14.8 Å². The second-order valence-electron chi connectivity index (χ2n) is 3.70. The fourth-order valence-electron chi connectivity index (χ4n) is 1.83. The minimum Gasteiger partial charge on any atom is -0.325 e. The summed E-state index contributed by atoms with van der Waals surface area (Å²) in [4.78, 5) is 5.30. The number of aromatic nitrogens is 2. The average Bonchev–Trinajstić information content (AvgIpc) is 2.91. The van der Waals surface area contributed by atoms with Crippen LogP contribution in [0.2, 0.25) is 5.02 Å². The molecule has 2 N–H and O–H groups in total. The summed E-state index contributed by atoms with van der Waals surface area (Å²) in [5.74, 6) is 0. The van der Waals surface area contributed by atoms with Gasteiger partial charge in [-0.2, -0.15) is 0 Å². The molecule has 0 saturated heterocycles. The third kappa shape index (κ3) is 1.74. The monoisotopic (exact) mass is 263 g/mol. The van der Waals surface area contributed by atoms with Crippen LogP contribution in [-0.2, 0) is 6.54 Å². The van der Waals surface area contributed by atoms with Crippen LogP contribution < -0.4 is 5.73 Å². The van der Waals surface area contributed by atoms with Crippen molar-refractivity contribution in [2.45, 2.75) is 6.54 Å². The van der Waals surface area contributed by atoms with E-state index < -0.39 is 0 Å². The van der Waals surface area contributed by atoms with Crippen molar-refractivity contribution in [1.29, 1.82) is 0 Å². The van der Waals surface area contributed by atoms with Gasteiger partial charge in [0.15, 0.2) is 4.96 Å². The minimum absolute atomic E-state index is 0.485. The van der Waals surface area contributed by atoms with Gasteiger partial charge in [-0.1, -0.05) is 23.7 Å². The highest BCUT2D eigenvalue weighted by atomic mass is 35.5. The first-order valence-corrected chi connectivity index (χ1v) is 6.45. The summed E-state index contributed by atoms with van der Waals surface area (Å²) in [5.41, 5.74) is 8.96. The van der Waals surface area contributed by atoms with Gasteiger partial charge in [-0.3, -0.25) is 4.40 Å². The van der Waals surface area contributed by atoms with Gasteiger partial charge in [0, 0.05) is 16.9 Å². The van der Waals surface area contributed by atoms with Gasteiger partial charge < -0.3 is 5.73 Å². The Balaban J connectivity index is 2.22. The van der Waals surface area contributed by atoms with Crippen molar-refractivity contribution in [3.8, 4) is 11.3 Å². The summed E-state index contributed by atoms with van der Waals surface area (Å²) in [7, 11) is 0. The number of rotatable bonds is 2. The van der Waals surface area contributed by atoms with Crippen LogP contribution >= 0.6 is 22.9 Å². The van der Waals surface area contributed by atoms with Crippen molar-refractivity contribution < 1.29 is 0 Å². The molecule has 5 heteroatoms. The number of nitrogens with zero attached hydrogens (tertiary/aromatic N) is 2. The number of hydrogen-bond acceptors (Lipinski definition) is 3. The van der Waals surface area contributed by atoms with E-state index in [0.29, 0.717) is 6.54 Å². The van der Waals surface area contributed by atoms with Gasteiger partial charge in [0.05, 0.1) is 17.6 Å². The number of halogens is 1. The molecule has 0 unspecified atom stereocenters. The zero-order valence-electron chi connectivity index (χ0n) is 8.93. The van der Waals surface area contributed by atoms with E-state index in [9.17, 15) is 0 Å². The lowest BCUT2D eigenvalue weighted by molar-refractivity contribution is 0.971. The van der Waals surface area contributed by atoms with Gasteiger partial charge in [0.1, 0.15) is 0 Å². The van der Waals surface area contributed by atoms with E-state index in [1.165, 1.54) is 0 Å². The lowest BCUT2D eigenvalue weighted by Crippen LogP contribution is -2.00. The summed E-state index contributed by atoms with van der Waals surface area (Å²) in [6, 6.07) is 7.78. The highest BCUT2D eigenvalue weighted by molar-refractivity contribution is 7.15. The Kier molecular flexibility index (Phi) is 2.63. The van der Waals surface area contributed by atoms with Crippen LogP contribution in [0.1, 0.15) is 5.69 Å². The number of benzene rings is 1. The van der Waals surface area contributed by atoms with E-state index >= 15 is 0 Å². The van der Waals surface area contributed by atoms with Gasteiger partial charge >= 0.3 is 0 Å². The van der Waals surface area contributed by atoms with Crippen molar-refractivity contribution in [3.05, 3.63) is 46.6 Å². The Labute approximate surface area is 107 Å². The van der Waals surface area contributed by atoms with Crippen molar-refractivity contribution in [3.63, 3.8) is 0 Å². The van der Waals surface area contributed by atoms with Crippen molar-refractivity contribution >= 4 is 27.9 Å². The smallest absolute Gasteiger partial charge is 0.194 e. The lowest BCUT2D eigenvalue weighted by atomic mass is 10.2. The number of imidazole rings is 1. The molecule has 17 heavy (non-hydrogen) atoms. The minimum atomic E-state index is 0.485. The standard InChI is InChI=1S/C12H10ClN3S/c13-9-3-1-8(2-4-9)11-7-17-12-15-6-10(5-14)16(11)12/h1-4,6-7H,5,14H2. The molecule has 0 atom stereocenters. The predicted octanol–water partition coefficient (Wildman–Crippen LogP) is 3.17. The first-order valence-electron chi connectivity index (χ1n) is 5.19. The Morgan fingerprint density at radius 3 is 2.76 bits per heavy atom. The molecular formula is C12H10ClN3S. The highest BCUT2D eigenvalue weighted by Gasteiger charge is 2.10. The molecule has 3 nitrogen and oxygen atoms in total. The summed E-state index contributed by atoms with van der Waals surface area (Å²) < 4.78 is 2.09. The van der Waals surface area contributed by atoms with Crippen LogP contribution in [0.5, 0.6) is 0 Å². The first-order chi connectivity index (χ1) is 8.29. The number of hydrogen-bond donors (Lipinski definition) is 1. The Bertz CT molecular complexity index is 654. The predicted molar refractivity (Wildman–Crippen MR) is 71.4 cm³/mol. The largest absolute Gasteiger partial charge is 0.325 e. The topological polar surface area (TPSA) is 43.3 Å². The summed E-state index contributed by atoms with van der Waals surface area (Å²) in [5, 5.41) is 2.83. The van der Waals surface area contributed by atoms with E-state index in [4.69, 9.17) is 17.3 Å². The van der Waals surface area contributed by atoms with E-state index in [0.717, 1.165) is 26.9 Å². The quantitative estimate of drug-likeness (QED) is 0.772. The number of nitrogens with two attached hydrogens (primary N) is 1. The SMILES string of the molecule is NCc1cnc2scc(-c3ccc(Cl)cc3)n12. The van der Waals surface area contributed by atoms with Crippen molar-refractivity contribution in [2.75, 3.05) is 0 Å². The van der Waals surface area contributed by atoms with Gasteiger partial charge in [-0.25, -0.2) is 4.98 Å². The molecule has 0 saturated carbocycles. The van der Waals surface area contributed by atoms with Gasteiger partial charge in [0.2, 0.25) is 0 Å². The zero-order valence-corrected chi connectivity index (χ0v) is 10.5. The van der Waals surface area contributed by atoms with Crippen molar-refractivity contribution in [1.82, 2.24) is 9.38 Å². The van der Waals surface area contributed by atoms with Crippen molar-refractivity contribution in [2.24, 2.45) is 5.73 Å². The third-order valence-corrected chi connectivity index (χ3v) is 3.76. The van der Waals surface area contributed by atoms with Crippen LogP contribution in [0, 0.1) is 0 Å². The average molecular weight is 264 g/mol. The maximum atomic E-state index is 5.89. The molecule has 0 spiro atoms. The molecule has 0 aliphatic carbocycles. The van der Waals surface area contributed by atoms with Crippen LogP contribution in [-0.4, -0.2) is 9.38 Å². The molecule has 86 valence electrons. The number of thiazole rings is 1. The Morgan fingerprint density at radius 1 is 1.29 bits per heavy atom. The molecule has 0 aliphatic heterocycles. The van der Waals surface area contributed by atoms with E-state index in [1.54, 1.807) is 11.3 Å². The summed E-state index contributed by atoms with van der Waals surface area (Å²) in [6.45, 7) is 0.485. The molecule has 3 rings (SSSR count). The highest BCUT2D eigenvalue weighted by Crippen LogP contribution is 2.28. The Hall–Kier alpha value is -1.36. The van der Waals surface area contributed by atoms with Crippen LogP contribution in [0.3, 0.4) is 0 Å². The maximum Gasteiger partial charge on any atom is 0.194 e. The maximum absolute atomic E-state index is 5.89. The second-order valence-corrected chi connectivity index (χ2v) is 4.97. The molecule has 1 aromatic carbocycles. The fourth-order valence-corrected chi connectivity index (χ4v) is 2.85. The zero-order chi connectivity index (χ0) is 11.8. The lowest BCUT2D eigenvalue weighted by Gasteiger charge is -2.02. The first kappa shape index (κ1) is 10.8. The van der Waals surface area contributed by atoms with E-state index in [-0.39, 0.29) is 0 Å². The van der Waals surface area contributed by atoms with Gasteiger partial charge in [-0.05, 0) is 17.7 Å². The van der Waals surface area contributed by atoms with Crippen LogP contribution in [0.25, 0.3) is 16.2 Å². The Morgan fingerprint density at radius 2 is 2.06 bits per heavy atom. The normalized spacial score (nSPS) is 11.2. The van der Waals surface area contributed by atoms with E-state index in [1.807, 2.05) is 30.5 Å². The molecule has 3 aromatic rings. The molecular weight excluding hydrogens is 254 g/mol. The molecule has 0 fully saturated rings.